The molecule has 1 heterocycles. The van der Waals surface area contributed by atoms with Gasteiger partial charge in [0.1, 0.15) is 5.82 Å². The van der Waals surface area contributed by atoms with Gasteiger partial charge in [-0.3, -0.25) is 9.80 Å². The summed E-state index contributed by atoms with van der Waals surface area (Å²) in [6.45, 7) is 8.36. The highest BCUT2D eigenvalue weighted by atomic mass is 19.1. The zero-order valence-electron chi connectivity index (χ0n) is 12.4. The number of aliphatic hydroxyl groups is 1. The Morgan fingerprint density at radius 3 is 2.80 bits per heavy atom. The lowest BCUT2D eigenvalue weighted by molar-refractivity contribution is 0.0349. The van der Waals surface area contributed by atoms with Gasteiger partial charge in [0, 0.05) is 44.9 Å². The number of rotatable bonds is 5. The van der Waals surface area contributed by atoms with Crippen LogP contribution < -0.4 is 0 Å². The summed E-state index contributed by atoms with van der Waals surface area (Å²) < 4.78 is 13.2. The average molecular weight is 280 g/mol. The van der Waals surface area contributed by atoms with E-state index in [9.17, 15) is 9.50 Å². The molecule has 1 aromatic rings. The topological polar surface area (TPSA) is 26.7 Å². The summed E-state index contributed by atoms with van der Waals surface area (Å²) in [7, 11) is 0. The van der Waals surface area contributed by atoms with Crippen LogP contribution in [0.3, 0.4) is 0 Å². The second kappa shape index (κ2) is 7.16. The highest BCUT2D eigenvalue weighted by Crippen LogP contribution is 2.18. The standard InChI is InChI=1S/C16H25FN2O/c1-13(2)19-8-7-18(12-16(19)6-9-20)11-14-4-3-5-15(17)10-14/h3-5,10,13,16,20H,6-9,11-12H2,1-2H3. The van der Waals surface area contributed by atoms with E-state index in [0.29, 0.717) is 12.1 Å². The van der Waals surface area contributed by atoms with Crippen molar-refractivity contribution in [2.24, 2.45) is 0 Å². The molecule has 0 aliphatic carbocycles. The van der Waals surface area contributed by atoms with E-state index < -0.39 is 0 Å². The third kappa shape index (κ3) is 4.01. The first kappa shape index (κ1) is 15.4. The first-order chi connectivity index (χ1) is 9.60. The second-order valence-electron chi connectivity index (χ2n) is 5.86. The van der Waals surface area contributed by atoms with Crippen molar-refractivity contribution in [3.8, 4) is 0 Å². The van der Waals surface area contributed by atoms with Gasteiger partial charge in [-0.25, -0.2) is 4.39 Å². The Kier molecular flexibility index (Phi) is 5.52. The van der Waals surface area contributed by atoms with Gasteiger partial charge in [-0.1, -0.05) is 12.1 Å². The number of hydrogen-bond donors (Lipinski definition) is 1. The first-order valence-electron chi connectivity index (χ1n) is 7.43. The van der Waals surface area contributed by atoms with Crippen molar-refractivity contribution in [2.75, 3.05) is 26.2 Å². The van der Waals surface area contributed by atoms with Crippen LogP contribution in [0.2, 0.25) is 0 Å². The minimum Gasteiger partial charge on any atom is -0.396 e. The molecule has 0 bridgehead atoms. The number of hydrogen-bond acceptors (Lipinski definition) is 3. The van der Waals surface area contributed by atoms with Crippen molar-refractivity contribution in [1.29, 1.82) is 0 Å². The van der Waals surface area contributed by atoms with Gasteiger partial charge in [-0.2, -0.15) is 0 Å². The molecule has 1 N–H and O–H groups in total. The maximum atomic E-state index is 13.2. The minimum absolute atomic E-state index is 0.171. The molecule has 0 spiro atoms. The fraction of sp³-hybridized carbons (Fsp3) is 0.625. The summed E-state index contributed by atoms with van der Waals surface area (Å²) in [5.41, 5.74) is 1.02. The molecule has 1 aliphatic heterocycles. The molecule has 112 valence electrons. The molecule has 2 rings (SSSR count). The summed E-state index contributed by atoms with van der Waals surface area (Å²) in [5, 5.41) is 9.24. The molecular formula is C16H25FN2O. The fourth-order valence-electron chi connectivity index (χ4n) is 3.06. The van der Waals surface area contributed by atoms with E-state index in [0.717, 1.165) is 38.2 Å². The Hall–Kier alpha value is -0.970. The van der Waals surface area contributed by atoms with Crippen LogP contribution in [0.5, 0.6) is 0 Å². The van der Waals surface area contributed by atoms with Crippen LogP contribution in [-0.4, -0.2) is 53.2 Å². The maximum absolute atomic E-state index is 13.2. The van der Waals surface area contributed by atoms with Crippen LogP contribution in [-0.2, 0) is 6.54 Å². The molecule has 20 heavy (non-hydrogen) atoms. The fourth-order valence-corrected chi connectivity index (χ4v) is 3.06. The van der Waals surface area contributed by atoms with Gasteiger partial charge in [0.05, 0.1) is 0 Å². The van der Waals surface area contributed by atoms with Crippen molar-refractivity contribution in [3.63, 3.8) is 0 Å². The monoisotopic (exact) mass is 280 g/mol. The Morgan fingerprint density at radius 2 is 2.15 bits per heavy atom. The van der Waals surface area contributed by atoms with Crippen molar-refractivity contribution in [1.82, 2.24) is 9.80 Å². The Morgan fingerprint density at radius 1 is 1.35 bits per heavy atom. The van der Waals surface area contributed by atoms with Crippen molar-refractivity contribution < 1.29 is 9.50 Å². The maximum Gasteiger partial charge on any atom is 0.123 e. The van der Waals surface area contributed by atoms with Gasteiger partial charge in [0.2, 0.25) is 0 Å². The highest BCUT2D eigenvalue weighted by Gasteiger charge is 2.28. The lowest BCUT2D eigenvalue weighted by atomic mass is 10.1. The summed E-state index contributed by atoms with van der Waals surface area (Å²) >= 11 is 0. The third-order valence-electron chi connectivity index (χ3n) is 4.03. The Bertz CT molecular complexity index is 425. The Labute approximate surface area is 121 Å². The molecular weight excluding hydrogens is 255 g/mol. The number of aliphatic hydroxyl groups excluding tert-OH is 1. The molecule has 1 fully saturated rings. The molecule has 1 aromatic carbocycles. The number of piperazine rings is 1. The minimum atomic E-state index is -0.171. The van der Waals surface area contributed by atoms with Gasteiger partial charge in [0.15, 0.2) is 0 Å². The van der Waals surface area contributed by atoms with E-state index >= 15 is 0 Å². The van der Waals surface area contributed by atoms with Crippen LogP contribution in [0.1, 0.15) is 25.8 Å². The second-order valence-corrected chi connectivity index (χ2v) is 5.86. The smallest absolute Gasteiger partial charge is 0.123 e. The van der Waals surface area contributed by atoms with Gasteiger partial charge in [-0.05, 0) is 38.0 Å². The molecule has 1 aliphatic rings. The molecule has 3 nitrogen and oxygen atoms in total. The molecule has 1 unspecified atom stereocenters. The molecule has 1 saturated heterocycles. The molecule has 0 saturated carbocycles. The lowest BCUT2D eigenvalue weighted by Crippen LogP contribution is -2.55. The van der Waals surface area contributed by atoms with E-state index in [2.05, 4.69) is 23.6 Å². The predicted molar refractivity (Wildman–Crippen MR) is 79.0 cm³/mol. The van der Waals surface area contributed by atoms with Gasteiger partial charge in [-0.15, -0.1) is 0 Å². The summed E-state index contributed by atoms with van der Waals surface area (Å²) in [4.78, 5) is 4.81. The number of nitrogens with zero attached hydrogens (tertiary/aromatic N) is 2. The van der Waals surface area contributed by atoms with Gasteiger partial charge in [0.25, 0.3) is 0 Å². The van der Waals surface area contributed by atoms with Gasteiger partial charge >= 0.3 is 0 Å². The van der Waals surface area contributed by atoms with Crippen LogP contribution >= 0.6 is 0 Å². The van der Waals surface area contributed by atoms with Crippen molar-refractivity contribution in [2.45, 2.75) is 38.9 Å². The predicted octanol–water partition coefficient (Wildman–Crippen LogP) is 2.10. The van der Waals surface area contributed by atoms with Crippen LogP contribution in [0.4, 0.5) is 4.39 Å². The molecule has 1 atom stereocenters. The van der Waals surface area contributed by atoms with Gasteiger partial charge < -0.3 is 5.11 Å². The highest BCUT2D eigenvalue weighted by molar-refractivity contribution is 5.16. The third-order valence-corrected chi connectivity index (χ3v) is 4.03. The SMILES string of the molecule is CC(C)N1CCN(Cc2cccc(F)c2)CC1CCO. The Balaban J connectivity index is 1.97. The van der Waals surface area contributed by atoms with E-state index in [-0.39, 0.29) is 12.4 Å². The van der Waals surface area contributed by atoms with Crippen LogP contribution in [0, 0.1) is 5.82 Å². The van der Waals surface area contributed by atoms with E-state index in [1.165, 1.54) is 6.07 Å². The number of halogens is 1. The van der Waals surface area contributed by atoms with Crippen molar-refractivity contribution >= 4 is 0 Å². The largest absolute Gasteiger partial charge is 0.396 e. The van der Waals surface area contributed by atoms with Crippen LogP contribution in [0.15, 0.2) is 24.3 Å². The van der Waals surface area contributed by atoms with E-state index in [1.54, 1.807) is 12.1 Å². The average Bonchev–Trinajstić information content (AvgIpc) is 2.39. The lowest BCUT2D eigenvalue weighted by Gasteiger charge is -2.43. The zero-order chi connectivity index (χ0) is 14.5. The summed E-state index contributed by atoms with van der Waals surface area (Å²) in [5.74, 6) is -0.171. The quantitative estimate of drug-likeness (QED) is 0.895. The molecule has 0 amide bonds. The zero-order valence-corrected chi connectivity index (χ0v) is 12.4. The summed E-state index contributed by atoms with van der Waals surface area (Å²) in [6, 6.07) is 7.72. The van der Waals surface area contributed by atoms with Crippen LogP contribution in [0.25, 0.3) is 0 Å². The summed E-state index contributed by atoms with van der Waals surface area (Å²) in [6.07, 6.45) is 0.803. The normalized spacial score (nSPS) is 21.6. The first-order valence-corrected chi connectivity index (χ1v) is 7.43. The van der Waals surface area contributed by atoms with E-state index in [1.807, 2.05) is 6.07 Å². The molecule has 0 aromatic heterocycles. The molecule has 4 heteroatoms. The number of benzene rings is 1. The molecule has 0 radical (unpaired) electrons. The van der Waals surface area contributed by atoms with Crippen molar-refractivity contribution in [3.05, 3.63) is 35.6 Å². The van der Waals surface area contributed by atoms with E-state index in [4.69, 9.17) is 0 Å².